The molecule has 0 aliphatic rings. The van der Waals surface area contributed by atoms with Crippen LogP contribution >= 0.6 is 0 Å². The lowest BCUT2D eigenvalue weighted by Gasteiger charge is -2.12. The van der Waals surface area contributed by atoms with E-state index in [-0.39, 0.29) is 0 Å². The van der Waals surface area contributed by atoms with Gasteiger partial charge in [-0.1, -0.05) is 64.0 Å². The van der Waals surface area contributed by atoms with E-state index in [2.05, 4.69) is 50.2 Å². The topological polar surface area (TPSA) is 12.5 Å². The van der Waals surface area contributed by atoms with Crippen LogP contribution in [-0.2, 0) is 11.2 Å². The Kier molecular flexibility index (Phi) is 10.8. The van der Waals surface area contributed by atoms with E-state index < -0.39 is 0 Å². The quantitative estimate of drug-likeness (QED) is 0.449. The van der Waals surface area contributed by atoms with Crippen LogP contribution in [0.4, 0.5) is 5.69 Å². The van der Waals surface area contributed by atoms with Crippen molar-refractivity contribution in [2.45, 2.75) is 64.7 Å². The van der Waals surface area contributed by atoms with E-state index in [0.29, 0.717) is 0 Å². The molecule has 2 heteroatoms. The van der Waals surface area contributed by atoms with E-state index in [9.17, 15) is 0 Å². The lowest BCUT2D eigenvalue weighted by atomic mass is 10.1. The molecule has 0 aliphatic carbocycles. The van der Waals surface area contributed by atoms with Crippen molar-refractivity contribution < 1.29 is 4.74 Å². The van der Waals surface area contributed by atoms with Gasteiger partial charge in [0.25, 0.3) is 0 Å². The Bertz CT molecular complexity index is 358. The van der Waals surface area contributed by atoms with Gasteiger partial charge in [-0.15, -0.1) is 0 Å². The minimum Gasteiger partial charge on any atom is -0.381 e. The lowest BCUT2D eigenvalue weighted by Crippen LogP contribution is -2.08. The fourth-order valence-corrected chi connectivity index (χ4v) is 2.59. The van der Waals surface area contributed by atoms with Crippen molar-refractivity contribution in [2.24, 2.45) is 0 Å². The smallest absolute Gasteiger partial charge is 0.0506 e. The summed E-state index contributed by atoms with van der Waals surface area (Å²) in [6.07, 6.45) is 11.9. The molecule has 0 heterocycles. The molecule has 0 bridgehead atoms. The Balaban J connectivity index is 1.93. The van der Waals surface area contributed by atoms with Gasteiger partial charge in [0.15, 0.2) is 0 Å². The second kappa shape index (κ2) is 12.5. The van der Waals surface area contributed by atoms with Crippen molar-refractivity contribution in [3.8, 4) is 0 Å². The van der Waals surface area contributed by atoms with Crippen LogP contribution in [0.15, 0.2) is 24.3 Å². The summed E-state index contributed by atoms with van der Waals surface area (Å²) in [5, 5.41) is 0. The average Bonchev–Trinajstić information content (AvgIpc) is 2.53. The van der Waals surface area contributed by atoms with Gasteiger partial charge in [0.2, 0.25) is 0 Å². The first-order valence-corrected chi connectivity index (χ1v) is 9.08. The van der Waals surface area contributed by atoms with Gasteiger partial charge < -0.3 is 9.64 Å². The Labute approximate surface area is 137 Å². The number of unbranched alkanes of at least 4 members (excludes halogenated alkanes) is 7. The summed E-state index contributed by atoms with van der Waals surface area (Å²) in [4.78, 5) is 2.13. The number of hydrogen-bond acceptors (Lipinski definition) is 2. The Hall–Kier alpha value is -1.02. The maximum atomic E-state index is 5.75. The van der Waals surface area contributed by atoms with Gasteiger partial charge in [-0.3, -0.25) is 0 Å². The largest absolute Gasteiger partial charge is 0.381 e. The van der Waals surface area contributed by atoms with Gasteiger partial charge in [-0.2, -0.15) is 0 Å². The molecule has 0 N–H and O–H groups in total. The first-order valence-electron chi connectivity index (χ1n) is 9.08. The molecule has 0 aliphatic heterocycles. The standard InChI is InChI=1S/C20H35NO/c1-4-5-6-7-8-9-10-11-17-22-18-16-19-12-14-20(15-13-19)21(2)3/h12-15H,4-11,16-18H2,1-3H3. The van der Waals surface area contributed by atoms with Crippen molar-refractivity contribution >= 4 is 5.69 Å². The third kappa shape index (κ3) is 9.09. The van der Waals surface area contributed by atoms with E-state index in [0.717, 1.165) is 19.6 Å². The predicted molar refractivity (Wildman–Crippen MR) is 97.9 cm³/mol. The molecule has 1 aromatic rings. The first-order chi connectivity index (χ1) is 10.7. The number of nitrogens with zero attached hydrogens (tertiary/aromatic N) is 1. The minimum absolute atomic E-state index is 0.845. The number of anilines is 1. The van der Waals surface area contributed by atoms with Crippen LogP contribution in [0.3, 0.4) is 0 Å². The summed E-state index contributed by atoms with van der Waals surface area (Å²) < 4.78 is 5.75. The Morgan fingerprint density at radius 2 is 1.36 bits per heavy atom. The zero-order valence-electron chi connectivity index (χ0n) is 14.9. The third-order valence-corrected chi connectivity index (χ3v) is 4.13. The first kappa shape index (κ1) is 19.0. The van der Waals surface area contributed by atoms with Gasteiger partial charge in [0.05, 0.1) is 6.61 Å². The molecule has 0 saturated heterocycles. The van der Waals surface area contributed by atoms with Crippen molar-refractivity contribution in [2.75, 3.05) is 32.2 Å². The van der Waals surface area contributed by atoms with Crippen molar-refractivity contribution in [3.63, 3.8) is 0 Å². The molecule has 0 atom stereocenters. The Morgan fingerprint density at radius 1 is 0.773 bits per heavy atom. The lowest BCUT2D eigenvalue weighted by molar-refractivity contribution is 0.133. The zero-order valence-corrected chi connectivity index (χ0v) is 14.9. The molecule has 0 unspecified atom stereocenters. The number of benzene rings is 1. The SMILES string of the molecule is CCCCCCCCCCOCCc1ccc(N(C)C)cc1. The predicted octanol–water partition coefficient (Wildman–Crippen LogP) is 5.45. The van der Waals surface area contributed by atoms with E-state index in [1.807, 2.05) is 0 Å². The van der Waals surface area contributed by atoms with E-state index in [1.54, 1.807) is 0 Å². The second-order valence-electron chi connectivity index (χ2n) is 6.40. The highest BCUT2D eigenvalue weighted by Gasteiger charge is 1.97. The zero-order chi connectivity index (χ0) is 16.0. The molecule has 0 aromatic heterocycles. The summed E-state index contributed by atoms with van der Waals surface area (Å²) >= 11 is 0. The molecule has 2 nitrogen and oxygen atoms in total. The highest BCUT2D eigenvalue weighted by molar-refractivity contribution is 5.45. The molecule has 0 radical (unpaired) electrons. The fraction of sp³-hybridized carbons (Fsp3) is 0.700. The monoisotopic (exact) mass is 305 g/mol. The van der Waals surface area contributed by atoms with Crippen LogP contribution < -0.4 is 4.90 Å². The maximum Gasteiger partial charge on any atom is 0.0506 e. The van der Waals surface area contributed by atoms with Crippen molar-refractivity contribution in [1.82, 2.24) is 0 Å². The molecule has 0 amide bonds. The summed E-state index contributed by atoms with van der Waals surface area (Å²) in [7, 11) is 4.14. The van der Waals surface area contributed by atoms with Gasteiger partial charge in [-0.25, -0.2) is 0 Å². The summed E-state index contributed by atoms with van der Waals surface area (Å²) in [5.41, 5.74) is 2.62. The molecule has 22 heavy (non-hydrogen) atoms. The van der Waals surface area contributed by atoms with Gasteiger partial charge >= 0.3 is 0 Å². The molecule has 126 valence electrons. The van der Waals surface area contributed by atoms with Crippen LogP contribution in [0, 0.1) is 0 Å². The molecule has 0 saturated carbocycles. The van der Waals surface area contributed by atoms with Gasteiger partial charge in [-0.05, 0) is 30.5 Å². The van der Waals surface area contributed by atoms with E-state index >= 15 is 0 Å². The summed E-state index contributed by atoms with van der Waals surface area (Å²) in [6, 6.07) is 8.76. The average molecular weight is 306 g/mol. The highest BCUT2D eigenvalue weighted by Crippen LogP contribution is 2.13. The molecule has 1 rings (SSSR count). The van der Waals surface area contributed by atoms with Crippen LogP contribution in [0.1, 0.15) is 63.9 Å². The summed E-state index contributed by atoms with van der Waals surface area (Å²) in [5.74, 6) is 0. The van der Waals surface area contributed by atoms with E-state index in [1.165, 1.54) is 62.6 Å². The van der Waals surface area contributed by atoms with Gasteiger partial charge in [0.1, 0.15) is 0 Å². The molecule has 1 aromatic carbocycles. The van der Waals surface area contributed by atoms with E-state index in [4.69, 9.17) is 4.74 Å². The minimum atomic E-state index is 0.845. The van der Waals surface area contributed by atoms with Crippen molar-refractivity contribution in [3.05, 3.63) is 29.8 Å². The fourth-order valence-electron chi connectivity index (χ4n) is 2.59. The molecule has 0 fully saturated rings. The second-order valence-corrected chi connectivity index (χ2v) is 6.40. The molecular weight excluding hydrogens is 270 g/mol. The number of rotatable bonds is 13. The third-order valence-electron chi connectivity index (χ3n) is 4.13. The molecule has 0 spiro atoms. The van der Waals surface area contributed by atoms with Crippen LogP contribution in [0.25, 0.3) is 0 Å². The van der Waals surface area contributed by atoms with Crippen molar-refractivity contribution in [1.29, 1.82) is 0 Å². The summed E-state index contributed by atoms with van der Waals surface area (Å²) in [6.45, 7) is 4.04. The molecular formula is C20H35NO. The van der Waals surface area contributed by atoms with Crippen LogP contribution in [-0.4, -0.2) is 27.3 Å². The number of hydrogen-bond donors (Lipinski definition) is 0. The Morgan fingerprint density at radius 3 is 1.95 bits per heavy atom. The highest BCUT2D eigenvalue weighted by atomic mass is 16.5. The normalized spacial score (nSPS) is 10.9. The maximum absolute atomic E-state index is 5.75. The number of ether oxygens (including phenoxy) is 1. The van der Waals surface area contributed by atoms with Crippen LogP contribution in [0.5, 0.6) is 0 Å². The van der Waals surface area contributed by atoms with Crippen LogP contribution in [0.2, 0.25) is 0 Å². The van der Waals surface area contributed by atoms with Gasteiger partial charge in [0, 0.05) is 26.4 Å².